The summed E-state index contributed by atoms with van der Waals surface area (Å²) >= 11 is 6.15. The number of hydrogen-bond donors (Lipinski definition) is 1. The zero-order chi connectivity index (χ0) is 13.7. The first-order chi connectivity index (χ1) is 9.26. The first kappa shape index (κ1) is 14.7. The second kappa shape index (κ2) is 7.16. The maximum Gasteiger partial charge on any atom is 0.122 e. The average molecular weight is 282 g/mol. The maximum absolute atomic E-state index is 6.15. The zero-order valence-electron chi connectivity index (χ0n) is 11.7. The van der Waals surface area contributed by atoms with Crippen molar-refractivity contribution >= 4 is 11.6 Å². The van der Waals surface area contributed by atoms with Crippen LogP contribution in [0, 0.1) is 5.92 Å². The van der Waals surface area contributed by atoms with Crippen molar-refractivity contribution in [3.8, 4) is 5.75 Å². The molecule has 3 heteroatoms. The van der Waals surface area contributed by atoms with Gasteiger partial charge in [-0.3, -0.25) is 0 Å². The summed E-state index contributed by atoms with van der Waals surface area (Å²) in [6, 6.07) is 5.87. The van der Waals surface area contributed by atoms with E-state index in [1.807, 2.05) is 18.2 Å². The van der Waals surface area contributed by atoms with Gasteiger partial charge in [-0.1, -0.05) is 37.3 Å². The molecule has 0 spiro atoms. The van der Waals surface area contributed by atoms with E-state index in [4.69, 9.17) is 22.1 Å². The monoisotopic (exact) mass is 281 g/mol. The number of nitrogens with two attached hydrogens (primary N) is 1. The number of hydrogen-bond acceptors (Lipinski definition) is 2. The lowest BCUT2D eigenvalue weighted by Crippen LogP contribution is -2.22. The van der Waals surface area contributed by atoms with Gasteiger partial charge in [-0.05, 0) is 43.5 Å². The van der Waals surface area contributed by atoms with Gasteiger partial charge in [0.05, 0.1) is 7.11 Å². The molecular formula is C16H24ClNO. The number of rotatable bonds is 4. The third-order valence-corrected chi connectivity index (χ3v) is 4.55. The van der Waals surface area contributed by atoms with Crippen molar-refractivity contribution in [1.82, 2.24) is 0 Å². The predicted octanol–water partition coefficient (Wildman–Crippen LogP) is 4.36. The van der Waals surface area contributed by atoms with Gasteiger partial charge in [0.1, 0.15) is 5.75 Å². The van der Waals surface area contributed by atoms with Crippen LogP contribution in [0.5, 0.6) is 5.75 Å². The minimum atomic E-state index is 0.367. The Balaban J connectivity index is 2.26. The SMILES string of the molecule is COc1ccc(Cl)cc1C(CN)C1CCCCCC1. The summed E-state index contributed by atoms with van der Waals surface area (Å²) in [6.45, 7) is 0.668. The van der Waals surface area contributed by atoms with E-state index in [9.17, 15) is 0 Å². The molecule has 0 radical (unpaired) electrons. The third-order valence-electron chi connectivity index (χ3n) is 4.31. The molecule has 1 aliphatic carbocycles. The second-order valence-corrected chi connectivity index (χ2v) is 5.92. The summed E-state index contributed by atoms with van der Waals surface area (Å²) in [5.74, 6) is 1.95. The predicted molar refractivity (Wildman–Crippen MR) is 81.0 cm³/mol. The first-order valence-electron chi connectivity index (χ1n) is 7.29. The van der Waals surface area contributed by atoms with Crippen LogP contribution in [0.3, 0.4) is 0 Å². The number of methoxy groups -OCH3 is 1. The van der Waals surface area contributed by atoms with E-state index in [1.54, 1.807) is 7.11 Å². The number of halogens is 1. The number of benzene rings is 1. The van der Waals surface area contributed by atoms with E-state index in [0.717, 1.165) is 10.8 Å². The van der Waals surface area contributed by atoms with Gasteiger partial charge in [-0.25, -0.2) is 0 Å². The molecule has 1 aliphatic rings. The van der Waals surface area contributed by atoms with Crippen LogP contribution in [-0.2, 0) is 0 Å². The average Bonchev–Trinajstić information content (AvgIpc) is 2.69. The van der Waals surface area contributed by atoms with Crippen molar-refractivity contribution in [2.45, 2.75) is 44.4 Å². The highest BCUT2D eigenvalue weighted by Crippen LogP contribution is 2.39. The minimum Gasteiger partial charge on any atom is -0.496 e. The molecule has 106 valence electrons. The molecular weight excluding hydrogens is 258 g/mol. The topological polar surface area (TPSA) is 35.2 Å². The molecule has 1 saturated carbocycles. The molecule has 0 bridgehead atoms. The molecule has 2 N–H and O–H groups in total. The van der Waals surface area contributed by atoms with Gasteiger partial charge in [-0.2, -0.15) is 0 Å². The molecule has 19 heavy (non-hydrogen) atoms. The van der Waals surface area contributed by atoms with Crippen LogP contribution in [0.4, 0.5) is 0 Å². The van der Waals surface area contributed by atoms with Gasteiger partial charge in [0.2, 0.25) is 0 Å². The van der Waals surface area contributed by atoms with E-state index in [0.29, 0.717) is 18.4 Å². The van der Waals surface area contributed by atoms with Crippen molar-refractivity contribution in [3.05, 3.63) is 28.8 Å². The van der Waals surface area contributed by atoms with Crippen molar-refractivity contribution < 1.29 is 4.74 Å². The highest BCUT2D eigenvalue weighted by Gasteiger charge is 2.25. The van der Waals surface area contributed by atoms with Crippen LogP contribution in [0.1, 0.15) is 50.0 Å². The Morgan fingerprint density at radius 2 is 1.95 bits per heavy atom. The summed E-state index contributed by atoms with van der Waals surface area (Å²) in [4.78, 5) is 0. The molecule has 0 heterocycles. The second-order valence-electron chi connectivity index (χ2n) is 5.48. The Morgan fingerprint density at radius 1 is 1.26 bits per heavy atom. The molecule has 0 saturated heterocycles. The zero-order valence-corrected chi connectivity index (χ0v) is 12.5. The molecule has 2 nitrogen and oxygen atoms in total. The van der Waals surface area contributed by atoms with Crippen LogP contribution in [0.15, 0.2) is 18.2 Å². The smallest absolute Gasteiger partial charge is 0.122 e. The molecule has 1 fully saturated rings. The van der Waals surface area contributed by atoms with Crippen molar-refractivity contribution in [2.75, 3.05) is 13.7 Å². The van der Waals surface area contributed by atoms with Gasteiger partial charge >= 0.3 is 0 Å². The van der Waals surface area contributed by atoms with Crippen LogP contribution < -0.4 is 10.5 Å². The van der Waals surface area contributed by atoms with E-state index >= 15 is 0 Å². The lowest BCUT2D eigenvalue weighted by atomic mass is 9.81. The lowest BCUT2D eigenvalue weighted by molar-refractivity contribution is 0.357. The fourth-order valence-corrected chi connectivity index (χ4v) is 3.46. The molecule has 1 atom stereocenters. The molecule has 0 aromatic heterocycles. The highest BCUT2D eigenvalue weighted by atomic mass is 35.5. The summed E-state index contributed by atoms with van der Waals surface area (Å²) < 4.78 is 5.49. The quantitative estimate of drug-likeness (QED) is 0.832. The van der Waals surface area contributed by atoms with Gasteiger partial charge in [0.25, 0.3) is 0 Å². The van der Waals surface area contributed by atoms with Gasteiger partial charge in [0.15, 0.2) is 0 Å². The number of ether oxygens (including phenoxy) is 1. The maximum atomic E-state index is 6.15. The molecule has 2 rings (SSSR count). The Hall–Kier alpha value is -0.730. The van der Waals surface area contributed by atoms with Crippen molar-refractivity contribution in [2.24, 2.45) is 11.7 Å². The van der Waals surface area contributed by atoms with E-state index in [1.165, 1.54) is 44.1 Å². The van der Waals surface area contributed by atoms with Crippen LogP contribution in [-0.4, -0.2) is 13.7 Å². The fourth-order valence-electron chi connectivity index (χ4n) is 3.28. The summed E-state index contributed by atoms with van der Waals surface area (Å²) in [7, 11) is 1.72. The summed E-state index contributed by atoms with van der Waals surface area (Å²) in [6.07, 6.45) is 7.92. The third kappa shape index (κ3) is 3.64. The minimum absolute atomic E-state index is 0.367. The lowest BCUT2D eigenvalue weighted by Gasteiger charge is -2.27. The Labute approximate surface area is 121 Å². The molecule has 0 amide bonds. The summed E-state index contributed by atoms with van der Waals surface area (Å²) in [5.41, 5.74) is 7.25. The van der Waals surface area contributed by atoms with E-state index in [-0.39, 0.29) is 0 Å². The van der Waals surface area contributed by atoms with Crippen molar-refractivity contribution in [1.29, 1.82) is 0 Å². The Morgan fingerprint density at radius 3 is 2.53 bits per heavy atom. The normalized spacial score (nSPS) is 18.9. The van der Waals surface area contributed by atoms with Gasteiger partial charge < -0.3 is 10.5 Å². The van der Waals surface area contributed by atoms with E-state index < -0.39 is 0 Å². The molecule has 1 aromatic rings. The van der Waals surface area contributed by atoms with Gasteiger partial charge in [-0.15, -0.1) is 0 Å². The first-order valence-corrected chi connectivity index (χ1v) is 7.67. The largest absolute Gasteiger partial charge is 0.496 e. The van der Waals surface area contributed by atoms with Crippen LogP contribution in [0.25, 0.3) is 0 Å². The van der Waals surface area contributed by atoms with Crippen LogP contribution in [0.2, 0.25) is 5.02 Å². The molecule has 0 aliphatic heterocycles. The standard InChI is InChI=1S/C16H24ClNO/c1-19-16-9-8-13(17)10-14(16)15(11-18)12-6-4-2-3-5-7-12/h8-10,12,15H,2-7,11,18H2,1H3. The Kier molecular flexibility index (Phi) is 5.53. The molecule has 1 aromatic carbocycles. The fraction of sp³-hybridized carbons (Fsp3) is 0.625. The van der Waals surface area contributed by atoms with Gasteiger partial charge in [0, 0.05) is 16.5 Å². The van der Waals surface area contributed by atoms with Crippen LogP contribution >= 0.6 is 11.6 Å². The molecule has 1 unspecified atom stereocenters. The Bertz CT molecular complexity index is 400. The highest BCUT2D eigenvalue weighted by molar-refractivity contribution is 6.30. The van der Waals surface area contributed by atoms with Crippen molar-refractivity contribution in [3.63, 3.8) is 0 Å². The summed E-state index contributed by atoms with van der Waals surface area (Å²) in [5, 5.41) is 0.767. The van der Waals surface area contributed by atoms with E-state index in [2.05, 4.69) is 0 Å².